The molecule has 0 aliphatic heterocycles. The van der Waals surface area contributed by atoms with E-state index in [2.05, 4.69) is 39.8 Å². The molecule has 3 aliphatic carbocycles. The molecule has 2 aromatic rings. The third kappa shape index (κ3) is 3.32. The predicted molar refractivity (Wildman–Crippen MR) is 115 cm³/mol. The first-order chi connectivity index (χ1) is 14.3. The molecular formula is C26H30NO3-. The molecular weight excluding hydrogens is 374 g/mol. The third-order valence-electron chi connectivity index (χ3n) is 6.48. The molecule has 2 aromatic carbocycles. The topological polar surface area (TPSA) is 60.4 Å². The zero-order valence-electron chi connectivity index (χ0n) is 18.2. The first-order valence-electron chi connectivity index (χ1n) is 11.0. The molecule has 4 nitrogen and oxygen atoms in total. The van der Waals surface area contributed by atoms with Crippen LogP contribution < -0.4 is 5.11 Å². The first kappa shape index (κ1) is 20.6. The van der Waals surface area contributed by atoms with Gasteiger partial charge in [-0.3, -0.25) is 4.79 Å². The number of carbonyl (C=O) groups excluding carboxylic acids is 2. The van der Waals surface area contributed by atoms with Crippen molar-refractivity contribution in [1.82, 2.24) is 4.90 Å². The fraction of sp³-hybridized carbons (Fsp3) is 0.462. The molecule has 2 bridgehead atoms. The molecule has 30 heavy (non-hydrogen) atoms. The Bertz CT molecular complexity index is 907. The summed E-state index contributed by atoms with van der Waals surface area (Å²) in [5.41, 5.74) is 4.23. The Balaban J connectivity index is 1.87. The van der Waals surface area contributed by atoms with Gasteiger partial charge in [-0.05, 0) is 34.1 Å². The molecule has 4 heteroatoms. The Kier molecular flexibility index (Phi) is 5.44. The minimum absolute atomic E-state index is 0.0504. The van der Waals surface area contributed by atoms with Gasteiger partial charge in [-0.25, -0.2) is 0 Å². The van der Waals surface area contributed by atoms with Crippen molar-refractivity contribution in [1.29, 1.82) is 0 Å². The number of aliphatic carboxylic acids is 1. The van der Waals surface area contributed by atoms with E-state index < -0.39 is 17.8 Å². The van der Waals surface area contributed by atoms with Crippen LogP contribution >= 0.6 is 0 Å². The number of hydrogen-bond donors (Lipinski definition) is 0. The minimum Gasteiger partial charge on any atom is -0.550 e. The van der Waals surface area contributed by atoms with Gasteiger partial charge in [0.1, 0.15) is 0 Å². The number of hydrogen-bond acceptors (Lipinski definition) is 3. The molecule has 0 aromatic heterocycles. The molecule has 0 heterocycles. The summed E-state index contributed by atoms with van der Waals surface area (Å²) >= 11 is 0. The highest BCUT2D eigenvalue weighted by atomic mass is 16.4. The standard InChI is InChI=1S/C26H31NO3/c1-15(2)13-27(14-16(3)4)25(28)23-21-17-9-5-7-11-19(17)22(24(23)26(29)30)20-12-8-6-10-18(20)21/h5-12,15-16,21-24H,13-14H2,1-4H3,(H,29,30)/p-1/t21?,22?,23-,24-/m1/s1. The second-order valence-electron chi connectivity index (χ2n) is 9.61. The molecule has 0 saturated heterocycles. The van der Waals surface area contributed by atoms with Crippen LogP contribution in [0.2, 0.25) is 0 Å². The Labute approximate surface area is 178 Å². The minimum atomic E-state index is -1.12. The number of carboxylic acids is 1. The quantitative estimate of drug-likeness (QED) is 0.741. The molecule has 1 amide bonds. The maximum atomic E-state index is 13.9. The SMILES string of the molecule is CC(C)CN(CC(C)C)C(=O)[C@@H]1C2c3ccccc3C(c3ccccc32)[C@H]1C(=O)[O-]. The average Bonchev–Trinajstić information content (AvgIpc) is 2.71. The summed E-state index contributed by atoms with van der Waals surface area (Å²) in [5.74, 6) is -2.63. The highest BCUT2D eigenvalue weighted by Crippen LogP contribution is 2.58. The smallest absolute Gasteiger partial charge is 0.227 e. The van der Waals surface area contributed by atoms with Crippen LogP contribution in [-0.2, 0) is 9.59 Å². The van der Waals surface area contributed by atoms with Gasteiger partial charge in [0.15, 0.2) is 0 Å². The monoisotopic (exact) mass is 404 g/mol. The number of carboxylic acid groups (broad SMARTS) is 1. The van der Waals surface area contributed by atoms with Gasteiger partial charge < -0.3 is 14.8 Å². The Morgan fingerprint density at radius 1 is 0.767 bits per heavy atom. The molecule has 0 spiro atoms. The Hall–Kier alpha value is -2.62. The van der Waals surface area contributed by atoms with Crippen molar-refractivity contribution in [3.05, 3.63) is 70.8 Å². The van der Waals surface area contributed by atoms with Crippen LogP contribution in [0.1, 0.15) is 61.8 Å². The summed E-state index contributed by atoms with van der Waals surface area (Å²) in [6.45, 7) is 9.63. The zero-order chi connectivity index (χ0) is 21.6. The number of rotatable bonds is 6. The first-order valence-corrected chi connectivity index (χ1v) is 11.0. The van der Waals surface area contributed by atoms with Gasteiger partial charge in [-0.1, -0.05) is 76.2 Å². The number of benzene rings is 2. The summed E-state index contributed by atoms with van der Waals surface area (Å²) in [4.78, 5) is 28.3. The molecule has 158 valence electrons. The van der Waals surface area contributed by atoms with Gasteiger partial charge in [0, 0.05) is 36.8 Å². The van der Waals surface area contributed by atoms with E-state index in [9.17, 15) is 14.7 Å². The van der Waals surface area contributed by atoms with Crippen LogP contribution in [0.3, 0.4) is 0 Å². The van der Waals surface area contributed by atoms with E-state index in [4.69, 9.17) is 0 Å². The van der Waals surface area contributed by atoms with E-state index >= 15 is 0 Å². The van der Waals surface area contributed by atoms with Crippen LogP contribution in [0.25, 0.3) is 0 Å². The van der Waals surface area contributed by atoms with Crippen LogP contribution in [0.15, 0.2) is 48.5 Å². The molecule has 0 saturated carbocycles. The van der Waals surface area contributed by atoms with Crippen LogP contribution in [0.5, 0.6) is 0 Å². The summed E-state index contributed by atoms with van der Waals surface area (Å²) in [5, 5.41) is 12.5. The average molecular weight is 405 g/mol. The maximum Gasteiger partial charge on any atom is 0.227 e. The highest BCUT2D eigenvalue weighted by molar-refractivity contribution is 5.89. The van der Waals surface area contributed by atoms with Gasteiger partial charge in [-0.2, -0.15) is 0 Å². The summed E-state index contributed by atoms with van der Waals surface area (Å²) in [7, 11) is 0. The fourth-order valence-corrected chi connectivity index (χ4v) is 5.60. The zero-order valence-corrected chi connectivity index (χ0v) is 18.2. The number of nitrogens with zero attached hydrogens (tertiary/aromatic N) is 1. The third-order valence-corrected chi connectivity index (χ3v) is 6.48. The normalized spacial score (nSPS) is 23.9. The molecule has 0 fully saturated rings. The van der Waals surface area contributed by atoms with Crippen molar-refractivity contribution in [2.75, 3.05) is 13.1 Å². The largest absolute Gasteiger partial charge is 0.550 e. The lowest BCUT2D eigenvalue weighted by Crippen LogP contribution is -2.55. The van der Waals surface area contributed by atoms with Crippen LogP contribution in [-0.4, -0.2) is 29.9 Å². The highest BCUT2D eigenvalue weighted by Gasteiger charge is 2.53. The second kappa shape index (κ2) is 7.90. The van der Waals surface area contributed by atoms with E-state index in [1.807, 2.05) is 41.3 Å². The van der Waals surface area contributed by atoms with E-state index in [1.54, 1.807) is 0 Å². The van der Waals surface area contributed by atoms with Gasteiger partial charge in [0.05, 0.1) is 5.92 Å². The molecule has 0 radical (unpaired) electrons. The van der Waals surface area contributed by atoms with Crippen molar-refractivity contribution < 1.29 is 14.7 Å². The lowest BCUT2D eigenvalue weighted by atomic mass is 9.54. The predicted octanol–water partition coefficient (Wildman–Crippen LogP) is 3.40. The number of carbonyl (C=O) groups is 2. The van der Waals surface area contributed by atoms with Gasteiger partial charge in [-0.15, -0.1) is 0 Å². The molecule has 0 N–H and O–H groups in total. The van der Waals surface area contributed by atoms with E-state index in [0.29, 0.717) is 24.9 Å². The van der Waals surface area contributed by atoms with Crippen molar-refractivity contribution >= 4 is 11.9 Å². The second-order valence-corrected chi connectivity index (χ2v) is 9.61. The summed E-state index contributed by atoms with van der Waals surface area (Å²) < 4.78 is 0. The molecule has 5 rings (SSSR count). The van der Waals surface area contributed by atoms with Crippen LogP contribution in [0.4, 0.5) is 0 Å². The van der Waals surface area contributed by atoms with E-state index in [0.717, 1.165) is 22.3 Å². The van der Waals surface area contributed by atoms with Gasteiger partial charge >= 0.3 is 0 Å². The van der Waals surface area contributed by atoms with E-state index in [1.165, 1.54) is 0 Å². The molecule has 3 aliphatic rings. The Morgan fingerprint density at radius 3 is 1.47 bits per heavy atom. The summed E-state index contributed by atoms with van der Waals surface area (Å²) in [6, 6.07) is 16.0. The molecule has 0 unspecified atom stereocenters. The van der Waals surface area contributed by atoms with Gasteiger partial charge in [0.25, 0.3) is 0 Å². The summed E-state index contributed by atoms with van der Waals surface area (Å²) in [6.07, 6.45) is 0. The maximum absolute atomic E-state index is 13.9. The van der Waals surface area contributed by atoms with Crippen molar-refractivity contribution in [3.8, 4) is 0 Å². The Morgan fingerprint density at radius 2 is 1.13 bits per heavy atom. The van der Waals surface area contributed by atoms with Crippen molar-refractivity contribution in [2.24, 2.45) is 23.7 Å². The van der Waals surface area contributed by atoms with E-state index in [-0.39, 0.29) is 17.7 Å². The molecule has 2 atom stereocenters. The van der Waals surface area contributed by atoms with Crippen LogP contribution in [0, 0.1) is 23.7 Å². The van der Waals surface area contributed by atoms with Crippen molar-refractivity contribution in [2.45, 2.75) is 39.5 Å². The number of amides is 1. The lowest BCUT2D eigenvalue weighted by Gasteiger charge is -2.51. The van der Waals surface area contributed by atoms with Gasteiger partial charge in [0.2, 0.25) is 5.91 Å². The fourth-order valence-electron chi connectivity index (χ4n) is 5.60. The lowest BCUT2D eigenvalue weighted by molar-refractivity contribution is -0.314. The number of fused-ring (bicyclic) bond motifs is 1. The van der Waals surface area contributed by atoms with Crippen molar-refractivity contribution in [3.63, 3.8) is 0 Å².